The molecule has 2 fully saturated rings. The molecule has 2 aliphatic heterocycles. The maximum Gasteiger partial charge on any atom is 0.239 e. The quantitative estimate of drug-likeness (QED) is 0.487. The lowest BCUT2D eigenvalue weighted by Crippen LogP contribution is -2.78. The lowest BCUT2D eigenvalue weighted by molar-refractivity contribution is -0.205. The van der Waals surface area contributed by atoms with E-state index in [1.807, 2.05) is 17.0 Å². The van der Waals surface area contributed by atoms with Crippen molar-refractivity contribution in [2.45, 2.75) is 37.6 Å². The molecule has 5 nitrogen and oxygen atoms in total. The molecule has 4 rings (SSSR count). The van der Waals surface area contributed by atoms with Gasteiger partial charge >= 0.3 is 0 Å². The van der Waals surface area contributed by atoms with E-state index in [1.165, 1.54) is 5.56 Å². The number of ether oxygens (including phenoxy) is 2. The van der Waals surface area contributed by atoms with Crippen LogP contribution < -0.4 is 9.47 Å². The van der Waals surface area contributed by atoms with E-state index >= 15 is 0 Å². The molecule has 1 saturated heterocycles. The van der Waals surface area contributed by atoms with Crippen molar-refractivity contribution in [1.82, 2.24) is 4.90 Å². The topological polar surface area (TPSA) is 55.8 Å². The number of nitrogens with zero attached hydrogens (tertiary/aromatic N) is 1. The fourth-order valence-electron chi connectivity index (χ4n) is 5.00. The van der Waals surface area contributed by atoms with E-state index in [2.05, 4.69) is 0 Å². The van der Waals surface area contributed by atoms with Crippen molar-refractivity contribution in [3.8, 4) is 11.5 Å². The van der Waals surface area contributed by atoms with Crippen LogP contribution in [0.5, 0.6) is 11.5 Å². The van der Waals surface area contributed by atoms with Crippen LogP contribution in [0.1, 0.15) is 36.8 Å². The first kappa shape index (κ1) is 14.5. The van der Waals surface area contributed by atoms with E-state index in [0.29, 0.717) is 24.5 Å². The molecule has 1 aromatic carbocycles. The number of amides is 1. The predicted molar refractivity (Wildman–Crippen MR) is 83.6 cm³/mol. The lowest BCUT2D eigenvalue weighted by atomic mass is 9.49. The van der Waals surface area contributed by atoms with Crippen molar-refractivity contribution >= 4 is 12.2 Å². The number of β-lactam (4-membered cyclic amide) rings is 1. The van der Waals surface area contributed by atoms with Crippen LogP contribution in [0.2, 0.25) is 0 Å². The molecule has 1 amide bonds. The molecule has 0 bridgehead atoms. The second kappa shape index (κ2) is 4.73. The summed E-state index contributed by atoms with van der Waals surface area (Å²) in [5, 5.41) is 0. The fraction of sp³-hybridized carbons (Fsp3) is 0.556. The second-order valence-corrected chi connectivity index (χ2v) is 6.73. The van der Waals surface area contributed by atoms with Crippen LogP contribution in [0.25, 0.3) is 0 Å². The SMILES string of the molecule is COc1cc2c(cc1OC)[C@]13CCCC[C@@]1(C=O)C(=O)N3CC2. The number of aldehydes is 1. The molecule has 1 aromatic rings. The summed E-state index contributed by atoms with van der Waals surface area (Å²) >= 11 is 0. The van der Waals surface area contributed by atoms with Gasteiger partial charge in [-0.2, -0.15) is 0 Å². The first-order valence-corrected chi connectivity index (χ1v) is 8.18. The Morgan fingerprint density at radius 3 is 2.52 bits per heavy atom. The minimum Gasteiger partial charge on any atom is -0.493 e. The summed E-state index contributed by atoms with van der Waals surface area (Å²) in [4.78, 5) is 26.6. The van der Waals surface area contributed by atoms with Gasteiger partial charge in [0.25, 0.3) is 0 Å². The number of carbonyl (C=O) groups excluding carboxylic acids is 2. The van der Waals surface area contributed by atoms with Crippen molar-refractivity contribution in [2.75, 3.05) is 20.8 Å². The summed E-state index contributed by atoms with van der Waals surface area (Å²) in [5.74, 6) is 1.37. The first-order valence-electron chi connectivity index (χ1n) is 8.18. The van der Waals surface area contributed by atoms with Gasteiger partial charge in [0.2, 0.25) is 5.91 Å². The highest BCUT2D eigenvalue weighted by Gasteiger charge is 2.73. The maximum absolute atomic E-state index is 12.7. The predicted octanol–water partition coefficient (Wildman–Crippen LogP) is 2.06. The zero-order valence-corrected chi connectivity index (χ0v) is 13.6. The molecule has 2 heterocycles. The van der Waals surface area contributed by atoms with Crippen molar-refractivity contribution in [3.63, 3.8) is 0 Å². The van der Waals surface area contributed by atoms with Crippen LogP contribution in [0, 0.1) is 5.41 Å². The van der Waals surface area contributed by atoms with Gasteiger partial charge in [-0.1, -0.05) is 12.8 Å². The van der Waals surface area contributed by atoms with Crippen LogP contribution in [0.4, 0.5) is 0 Å². The Morgan fingerprint density at radius 2 is 1.83 bits per heavy atom. The average molecular weight is 315 g/mol. The molecule has 1 spiro atoms. The molecule has 1 aliphatic carbocycles. The van der Waals surface area contributed by atoms with Crippen molar-refractivity contribution in [2.24, 2.45) is 5.41 Å². The van der Waals surface area contributed by atoms with Crippen LogP contribution in [-0.4, -0.2) is 37.9 Å². The summed E-state index contributed by atoms with van der Waals surface area (Å²) in [6.07, 6.45) is 5.17. The van der Waals surface area contributed by atoms with Gasteiger partial charge in [-0.25, -0.2) is 0 Å². The van der Waals surface area contributed by atoms with Gasteiger partial charge in [0, 0.05) is 6.54 Å². The van der Waals surface area contributed by atoms with E-state index in [-0.39, 0.29) is 5.91 Å². The minimum absolute atomic E-state index is 0.00707. The maximum atomic E-state index is 12.7. The summed E-state index contributed by atoms with van der Waals surface area (Å²) in [5.41, 5.74) is 0.893. The van der Waals surface area contributed by atoms with Crippen LogP contribution in [0.3, 0.4) is 0 Å². The van der Waals surface area contributed by atoms with Gasteiger partial charge in [-0.3, -0.25) is 4.79 Å². The minimum atomic E-state index is -0.875. The Kier molecular flexibility index (Phi) is 2.99. The molecule has 5 heteroatoms. The number of fused-ring (bicyclic) bond motifs is 1. The number of benzene rings is 1. The van der Waals surface area contributed by atoms with Crippen molar-refractivity contribution in [3.05, 3.63) is 23.3 Å². The molecule has 0 radical (unpaired) electrons. The van der Waals surface area contributed by atoms with E-state index in [4.69, 9.17) is 9.47 Å². The van der Waals surface area contributed by atoms with Gasteiger partial charge in [0.05, 0.1) is 19.8 Å². The van der Waals surface area contributed by atoms with Crippen LogP contribution in [-0.2, 0) is 21.5 Å². The van der Waals surface area contributed by atoms with Crippen molar-refractivity contribution < 1.29 is 19.1 Å². The highest BCUT2D eigenvalue weighted by Crippen LogP contribution is 2.64. The molecular formula is C18H21NO4. The Labute approximate surface area is 135 Å². The van der Waals surface area contributed by atoms with E-state index in [9.17, 15) is 9.59 Å². The number of methoxy groups -OCH3 is 2. The molecule has 2 atom stereocenters. The van der Waals surface area contributed by atoms with Gasteiger partial charge in [-0.15, -0.1) is 0 Å². The molecule has 1 saturated carbocycles. The standard InChI is InChI=1S/C18H21NO4/c1-22-14-9-12-5-8-19-16(21)17(11-20)6-3-4-7-18(17,19)13(12)10-15(14)23-2/h9-11H,3-8H2,1-2H3/t17-,18-/m1/s1. The summed E-state index contributed by atoms with van der Waals surface area (Å²) < 4.78 is 10.9. The second-order valence-electron chi connectivity index (χ2n) is 6.73. The van der Waals surface area contributed by atoms with Crippen molar-refractivity contribution in [1.29, 1.82) is 0 Å². The Bertz CT molecular complexity index is 701. The molecule has 122 valence electrons. The highest BCUT2D eigenvalue weighted by atomic mass is 16.5. The third-order valence-electron chi connectivity index (χ3n) is 6.05. The smallest absolute Gasteiger partial charge is 0.239 e. The Hall–Kier alpha value is -2.04. The third-order valence-corrected chi connectivity index (χ3v) is 6.05. The largest absolute Gasteiger partial charge is 0.493 e. The molecule has 3 aliphatic rings. The fourth-order valence-corrected chi connectivity index (χ4v) is 5.00. The number of hydrogen-bond acceptors (Lipinski definition) is 4. The van der Waals surface area contributed by atoms with Gasteiger partial charge in [0.1, 0.15) is 11.7 Å². The van der Waals surface area contributed by atoms with Crippen LogP contribution in [0.15, 0.2) is 12.1 Å². The van der Waals surface area contributed by atoms with E-state index in [1.54, 1.807) is 14.2 Å². The zero-order valence-electron chi connectivity index (χ0n) is 13.6. The number of rotatable bonds is 3. The molecular weight excluding hydrogens is 294 g/mol. The van der Waals surface area contributed by atoms with Gasteiger partial charge < -0.3 is 19.2 Å². The molecule has 0 unspecified atom stereocenters. The Balaban J connectivity index is 1.95. The summed E-state index contributed by atoms with van der Waals surface area (Å²) in [6.45, 7) is 0.677. The molecule has 23 heavy (non-hydrogen) atoms. The normalized spacial score (nSPS) is 31.4. The van der Waals surface area contributed by atoms with E-state index < -0.39 is 11.0 Å². The lowest BCUT2D eigenvalue weighted by Gasteiger charge is -2.67. The van der Waals surface area contributed by atoms with Gasteiger partial charge in [0.15, 0.2) is 11.5 Å². The number of carbonyl (C=O) groups is 2. The average Bonchev–Trinajstić information content (AvgIpc) is 2.60. The van der Waals surface area contributed by atoms with E-state index in [0.717, 1.165) is 37.5 Å². The third kappa shape index (κ3) is 1.48. The first-order chi connectivity index (χ1) is 11.1. The monoisotopic (exact) mass is 315 g/mol. The highest BCUT2D eigenvalue weighted by molar-refractivity contribution is 6.06. The van der Waals surface area contributed by atoms with Gasteiger partial charge in [-0.05, 0) is 42.5 Å². The molecule has 0 N–H and O–H groups in total. The molecule has 0 aromatic heterocycles. The van der Waals surface area contributed by atoms with Crippen LogP contribution >= 0.6 is 0 Å². The number of hydrogen-bond donors (Lipinski definition) is 0. The summed E-state index contributed by atoms with van der Waals surface area (Å²) in [7, 11) is 3.24. The zero-order chi connectivity index (χ0) is 16.2. The Morgan fingerprint density at radius 1 is 1.13 bits per heavy atom. The summed E-state index contributed by atoms with van der Waals surface area (Å²) in [6, 6.07) is 3.99.